The smallest absolute Gasteiger partial charge is 0.269 e. The Morgan fingerprint density at radius 1 is 1.00 bits per heavy atom. The van der Waals surface area contributed by atoms with Crippen molar-refractivity contribution in [3.05, 3.63) is 80.2 Å². The molecule has 0 aromatic heterocycles. The van der Waals surface area contributed by atoms with Gasteiger partial charge in [-0.1, -0.05) is 29.4 Å². The van der Waals surface area contributed by atoms with E-state index in [2.05, 4.69) is 5.18 Å². The Morgan fingerprint density at radius 3 is 2.04 bits per heavy atom. The van der Waals surface area contributed by atoms with Gasteiger partial charge in [-0.25, -0.2) is 0 Å². The molecule has 1 heterocycles. The van der Waals surface area contributed by atoms with Gasteiger partial charge in [0.15, 0.2) is 0 Å². The molecule has 8 heteroatoms. The number of fused-ring (bicyclic) bond motifs is 1. The normalized spacial score (nSPS) is 14.3. The minimum atomic E-state index is -0.830. The van der Waals surface area contributed by atoms with Crippen molar-refractivity contribution in [2.75, 3.05) is 6.54 Å². The van der Waals surface area contributed by atoms with Crippen LogP contribution < -0.4 is 0 Å². The van der Waals surface area contributed by atoms with Crippen LogP contribution in [0.4, 0.5) is 5.69 Å². The number of rotatable bonds is 6. The van der Waals surface area contributed by atoms with Crippen LogP contribution in [0.2, 0.25) is 0 Å². The number of amides is 2. The Balaban J connectivity index is 1.73. The van der Waals surface area contributed by atoms with Crippen molar-refractivity contribution in [1.29, 1.82) is 0 Å². The van der Waals surface area contributed by atoms with Gasteiger partial charge in [-0.15, -0.1) is 0 Å². The number of hydrogen-bond donors (Lipinski definition) is 0. The molecule has 0 aliphatic carbocycles. The fraction of sp³-hybridized carbons (Fsp3) is 0.176. The maximum Gasteiger partial charge on any atom is 0.269 e. The zero-order valence-electron chi connectivity index (χ0n) is 13.0. The Hall–Kier alpha value is -3.42. The number of benzene rings is 2. The summed E-state index contributed by atoms with van der Waals surface area (Å²) in [5.41, 5.74) is 1.23. The van der Waals surface area contributed by atoms with Crippen molar-refractivity contribution in [3.8, 4) is 0 Å². The Kier molecular flexibility index (Phi) is 4.34. The average Bonchev–Trinajstić information content (AvgIpc) is 2.86. The summed E-state index contributed by atoms with van der Waals surface area (Å²) in [6.45, 7) is -0.132. The highest BCUT2D eigenvalue weighted by molar-refractivity contribution is 6.21. The van der Waals surface area contributed by atoms with Crippen LogP contribution in [0.25, 0.3) is 0 Å². The predicted molar refractivity (Wildman–Crippen MR) is 88.2 cm³/mol. The topological polar surface area (TPSA) is 110 Å². The molecule has 1 aliphatic heterocycles. The Bertz CT molecular complexity index is 828. The van der Waals surface area contributed by atoms with Crippen molar-refractivity contribution >= 4 is 17.5 Å². The molecular formula is C17H13N3O5. The highest BCUT2D eigenvalue weighted by Crippen LogP contribution is 2.23. The highest BCUT2D eigenvalue weighted by Gasteiger charge is 2.36. The monoisotopic (exact) mass is 339 g/mol. The molecule has 1 unspecified atom stereocenters. The molecule has 0 N–H and O–H groups in total. The van der Waals surface area contributed by atoms with E-state index in [1.165, 1.54) is 24.3 Å². The number of hydrogen-bond acceptors (Lipinski definition) is 6. The first-order chi connectivity index (χ1) is 12.0. The van der Waals surface area contributed by atoms with Gasteiger partial charge < -0.3 is 0 Å². The minimum Gasteiger partial charge on any atom is -0.272 e. The largest absolute Gasteiger partial charge is 0.272 e. The van der Waals surface area contributed by atoms with Crippen LogP contribution in [0.1, 0.15) is 26.3 Å². The summed E-state index contributed by atoms with van der Waals surface area (Å²) in [5, 5.41) is 13.7. The highest BCUT2D eigenvalue weighted by atomic mass is 16.6. The third-order valence-electron chi connectivity index (χ3n) is 4.04. The summed E-state index contributed by atoms with van der Waals surface area (Å²) < 4.78 is 0. The van der Waals surface area contributed by atoms with E-state index >= 15 is 0 Å². The van der Waals surface area contributed by atoms with Crippen LogP contribution in [0, 0.1) is 15.0 Å². The van der Waals surface area contributed by atoms with Crippen molar-refractivity contribution in [1.82, 2.24) is 4.90 Å². The van der Waals surface area contributed by atoms with E-state index in [0.717, 1.165) is 4.90 Å². The SMILES string of the molecule is O=NC(Cc1ccc([N+](=O)[O-])cc1)CN1C(=O)c2ccccc2C1=O. The summed E-state index contributed by atoms with van der Waals surface area (Å²) in [6.07, 6.45) is 0.175. The number of nitroso groups, excluding NO2 is 1. The van der Waals surface area contributed by atoms with Crippen LogP contribution in [0.15, 0.2) is 53.7 Å². The summed E-state index contributed by atoms with van der Waals surface area (Å²) >= 11 is 0. The average molecular weight is 339 g/mol. The lowest BCUT2D eigenvalue weighted by atomic mass is 10.1. The maximum absolute atomic E-state index is 12.3. The number of nitro groups is 1. The summed E-state index contributed by atoms with van der Waals surface area (Å²) in [7, 11) is 0. The van der Waals surface area contributed by atoms with Gasteiger partial charge in [-0.2, -0.15) is 4.91 Å². The van der Waals surface area contributed by atoms with E-state index in [1.807, 2.05) is 0 Å². The molecule has 0 fully saturated rings. The van der Waals surface area contributed by atoms with Crippen molar-refractivity contribution in [2.24, 2.45) is 5.18 Å². The molecule has 3 rings (SSSR count). The minimum absolute atomic E-state index is 0.0558. The van der Waals surface area contributed by atoms with Gasteiger partial charge in [0.25, 0.3) is 17.5 Å². The van der Waals surface area contributed by atoms with E-state index in [1.54, 1.807) is 24.3 Å². The molecule has 0 bridgehead atoms. The van der Waals surface area contributed by atoms with E-state index in [0.29, 0.717) is 16.7 Å². The third kappa shape index (κ3) is 3.14. The molecule has 0 radical (unpaired) electrons. The number of carbonyl (C=O) groups is 2. The van der Waals surface area contributed by atoms with Crippen LogP contribution in [0.5, 0.6) is 0 Å². The summed E-state index contributed by atoms with van der Waals surface area (Å²) in [4.78, 5) is 46.9. The molecule has 8 nitrogen and oxygen atoms in total. The van der Waals surface area contributed by atoms with Gasteiger partial charge in [0, 0.05) is 12.1 Å². The molecule has 0 spiro atoms. The van der Waals surface area contributed by atoms with Crippen LogP contribution in [0.3, 0.4) is 0 Å². The van der Waals surface area contributed by atoms with Gasteiger partial charge in [0.2, 0.25) is 0 Å². The fourth-order valence-corrected chi connectivity index (χ4v) is 2.78. The number of carbonyl (C=O) groups excluding carboxylic acids is 2. The number of nitro benzene ring substituents is 1. The standard InChI is InChI=1S/C17H13N3O5/c21-16-14-3-1-2-4-15(14)17(22)19(16)10-12(18-23)9-11-5-7-13(8-6-11)20(24)25/h1-8,12H,9-10H2. The Morgan fingerprint density at radius 2 is 1.56 bits per heavy atom. The second kappa shape index (κ2) is 6.60. The summed E-state index contributed by atoms with van der Waals surface area (Å²) in [6, 6.07) is 11.4. The molecule has 2 aromatic carbocycles. The van der Waals surface area contributed by atoms with Gasteiger partial charge in [-0.05, 0) is 24.1 Å². The first-order valence-electron chi connectivity index (χ1n) is 7.52. The molecule has 2 aromatic rings. The zero-order valence-corrected chi connectivity index (χ0v) is 13.0. The lowest BCUT2D eigenvalue weighted by Crippen LogP contribution is -2.37. The zero-order chi connectivity index (χ0) is 18.0. The molecule has 1 aliphatic rings. The summed E-state index contributed by atoms with van der Waals surface area (Å²) in [5.74, 6) is -0.893. The van der Waals surface area contributed by atoms with Gasteiger partial charge in [-0.3, -0.25) is 24.6 Å². The van der Waals surface area contributed by atoms with Crippen molar-refractivity contribution in [3.63, 3.8) is 0 Å². The molecular weight excluding hydrogens is 326 g/mol. The number of non-ortho nitro benzene ring substituents is 1. The number of imide groups is 1. The predicted octanol–water partition coefficient (Wildman–Crippen LogP) is 2.57. The van der Waals surface area contributed by atoms with Gasteiger partial charge in [0.05, 0.1) is 22.6 Å². The Labute approximate surface area is 142 Å². The maximum atomic E-state index is 12.3. The first kappa shape index (κ1) is 16.4. The van der Waals surface area contributed by atoms with E-state index in [9.17, 15) is 24.6 Å². The third-order valence-corrected chi connectivity index (χ3v) is 4.04. The molecule has 126 valence electrons. The quantitative estimate of drug-likeness (QED) is 0.348. The first-order valence-corrected chi connectivity index (χ1v) is 7.52. The lowest BCUT2D eigenvalue weighted by molar-refractivity contribution is -0.384. The van der Waals surface area contributed by atoms with E-state index in [-0.39, 0.29) is 18.7 Å². The van der Waals surface area contributed by atoms with Gasteiger partial charge >= 0.3 is 0 Å². The van der Waals surface area contributed by atoms with Crippen molar-refractivity contribution < 1.29 is 14.5 Å². The lowest BCUT2D eigenvalue weighted by Gasteiger charge is -2.17. The second-order valence-electron chi connectivity index (χ2n) is 5.65. The van der Waals surface area contributed by atoms with Crippen LogP contribution in [-0.4, -0.2) is 34.2 Å². The van der Waals surface area contributed by atoms with E-state index < -0.39 is 22.8 Å². The molecule has 2 amide bonds. The van der Waals surface area contributed by atoms with Crippen LogP contribution in [-0.2, 0) is 6.42 Å². The molecule has 1 atom stereocenters. The number of nitrogens with zero attached hydrogens (tertiary/aromatic N) is 3. The van der Waals surface area contributed by atoms with Gasteiger partial charge in [0.1, 0.15) is 6.04 Å². The fourth-order valence-electron chi connectivity index (χ4n) is 2.78. The van der Waals surface area contributed by atoms with E-state index in [4.69, 9.17) is 0 Å². The second-order valence-corrected chi connectivity index (χ2v) is 5.65. The van der Waals surface area contributed by atoms with Crippen molar-refractivity contribution in [2.45, 2.75) is 12.5 Å². The molecule has 25 heavy (non-hydrogen) atoms. The van der Waals surface area contributed by atoms with Crippen LogP contribution >= 0.6 is 0 Å². The molecule has 0 saturated carbocycles. The molecule has 0 saturated heterocycles.